The zero-order valence-electron chi connectivity index (χ0n) is 10.7. The normalized spacial score (nSPS) is 30.3. The number of rotatable bonds is 2. The van der Waals surface area contributed by atoms with Gasteiger partial charge in [0.25, 0.3) is 0 Å². The first-order valence-electron chi connectivity index (χ1n) is 6.79. The fraction of sp³-hybridized carbons (Fsp3) is 0.533. The Labute approximate surface area is 112 Å². The summed E-state index contributed by atoms with van der Waals surface area (Å²) in [5.74, 6) is -0.246. The fourth-order valence-electron chi connectivity index (χ4n) is 3.47. The summed E-state index contributed by atoms with van der Waals surface area (Å²) in [7, 11) is 0. The molecule has 0 spiro atoms. The van der Waals surface area contributed by atoms with Gasteiger partial charge in [0.15, 0.2) is 0 Å². The van der Waals surface area contributed by atoms with E-state index >= 15 is 0 Å². The van der Waals surface area contributed by atoms with Crippen LogP contribution in [0.15, 0.2) is 18.2 Å². The smallest absolute Gasteiger partial charge is 0.127 e. The van der Waals surface area contributed by atoms with E-state index in [1.165, 1.54) is 12.1 Å². The average Bonchev–Trinajstić information content (AvgIpc) is 2.64. The molecule has 2 heterocycles. The fourth-order valence-corrected chi connectivity index (χ4v) is 3.47. The van der Waals surface area contributed by atoms with Gasteiger partial charge in [0.05, 0.1) is 17.7 Å². The number of aliphatic hydroxyl groups excluding tert-OH is 1. The predicted molar refractivity (Wildman–Crippen MR) is 68.7 cm³/mol. The SMILES string of the molecule is N#Cc1ccc(F)c(CN2C3CCC2CC(O)C3)c1. The highest BCUT2D eigenvalue weighted by molar-refractivity contribution is 5.33. The molecule has 19 heavy (non-hydrogen) atoms. The van der Waals surface area contributed by atoms with Gasteiger partial charge in [0.1, 0.15) is 5.82 Å². The Morgan fingerprint density at radius 2 is 2.00 bits per heavy atom. The Hall–Kier alpha value is -1.44. The first-order valence-corrected chi connectivity index (χ1v) is 6.79. The van der Waals surface area contributed by atoms with Crippen molar-refractivity contribution in [2.24, 2.45) is 0 Å². The number of hydrogen-bond acceptors (Lipinski definition) is 3. The van der Waals surface area contributed by atoms with E-state index in [4.69, 9.17) is 5.26 Å². The summed E-state index contributed by atoms with van der Waals surface area (Å²) < 4.78 is 13.8. The zero-order chi connectivity index (χ0) is 13.4. The topological polar surface area (TPSA) is 47.3 Å². The van der Waals surface area contributed by atoms with Crippen LogP contribution in [0.2, 0.25) is 0 Å². The molecule has 1 aromatic carbocycles. The summed E-state index contributed by atoms with van der Waals surface area (Å²) >= 11 is 0. The molecule has 2 aliphatic rings. The predicted octanol–water partition coefficient (Wildman–Crippen LogP) is 2.19. The highest BCUT2D eigenvalue weighted by Gasteiger charge is 2.40. The lowest BCUT2D eigenvalue weighted by molar-refractivity contribution is 0.0305. The van der Waals surface area contributed by atoms with Gasteiger partial charge in [0, 0.05) is 24.2 Å². The number of fused-ring (bicyclic) bond motifs is 2. The lowest BCUT2D eigenvalue weighted by Crippen LogP contribution is -2.44. The third-order valence-electron chi connectivity index (χ3n) is 4.39. The molecular weight excluding hydrogens is 243 g/mol. The molecule has 0 amide bonds. The van der Waals surface area contributed by atoms with Gasteiger partial charge in [-0.25, -0.2) is 4.39 Å². The van der Waals surface area contributed by atoms with E-state index in [1.54, 1.807) is 6.07 Å². The van der Waals surface area contributed by atoms with Crippen LogP contribution in [-0.4, -0.2) is 28.2 Å². The first-order chi connectivity index (χ1) is 9.17. The van der Waals surface area contributed by atoms with Crippen molar-refractivity contribution in [3.63, 3.8) is 0 Å². The standard InChI is InChI=1S/C15H17FN2O/c16-15-4-1-10(8-17)5-11(15)9-18-12-2-3-13(18)7-14(19)6-12/h1,4-5,12-14,19H,2-3,6-7,9H2. The second kappa shape index (κ2) is 4.92. The summed E-state index contributed by atoms with van der Waals surface area (Å²) in [5.41, 5.74) is 1.09. The largest absolute Gasteiger partial charge is 0.393 e. The van der Waals surface area contributed by atoms with Gasteiger partial charge in [-0.05, 0) is 43.9 Å². The van der Waals surface area contributed by atoms with Crippen molar-refractivity contribution in [3.8, 4) is 6.07 Å². The van der Waals surface area contributed by atoms with Crippen LogP contribution in [0.3, 0.4) is 0 Å². The van der Waals surface area contributed by atoms with E-state index in [-0.39, 0.29) is 11.9 Å². The second-order valence-electron chi connectivity index (χ2n) is 5.60. The maximum absolute atomic E-state index is 13.8. The van der Waals surface area contributed by atoms with E-state index in [9.17, 15) is 9.50 Å². The molecule has 1 N–H and O–H groups in total. The minimum atomic E-state index is -0.246. The van der Waals surface area contributed by atoms with Crippen LogP contribution in [0, 0.1) is 17.1 Å². The molecule has 2 unspecified atom stereocenters. The molecule has 2 saturated heterocycles. The van der Waals surface area contributed by atoms with Crippen LogP contribution < -0.4 is 0 Å². The highest BCUT2D eigenvalue weighted by Crippen LogP contribution is 2.37. The Bertz CT molecular complexity index is 511. The summed E-state index contributed by atoms with van der Waals surface area (Å²) in [6.07, 6.45) is 3.54. The van der Waals surface area contributed by atoms with Crippen molar-refractivity contribution >= 4 is 0 Å². The highest BCUT2D eigenvalue weighted by atomic mass is 19.1. The maximum atomic E-state index is 13.8. The number of halogens is 1. The van der Waals surface area contributed by atoms with Gasteiger partial charge in [-0.3, -0.25) is 4.90 Å². The van der Waals surface area contributed by atoms with E-state index < -0.39 is 0 Å². The van der Waals surface area contributed by atoms with Crippen molar-refractivity contribution < 1.29 is 9.50 Å². The van der Waals surface area contributed by atoms with Gasteiger partial charge in [-0.1, -0.05) is 0 Å². The molecule has 0 saturated carbocycles. The molecule has 3 nitrogen and oxygen atoms in total. The number of piperidine rings is 1. The zero-order valence-corrected chi connectivity index (χ0v) is 10.7. The van der Waals surface area contributed by atoms with E-state index in [2.05, 4.69) is 11.0 Å². The number of benzene rings is 1. The molecule has 0 radical (unpaired) electrons. The lowest BCUT2D eigenvalue weighted by atomic mass is 9.98. The lowest BCUT2D eigenvalue weighted by Gasteiger charge is -2.37. The summed E-state index contributed by atoms with van der Waals surface area (Å²) in [4.78, 5) is 2.30. The molecule has 0 aliphatic carbocycles. The Balaban J connectivity index is 1.81. The quantitative estimate of drug-likeness (QED) is 0.886. The van der Waals surface area contributed by atoms with E-state index in [0.29, 0.717) is 29.8 Å². The number of hydrogen-bond donors (Lipinski definition) is 1. The third kappa shape index (κ3) is 2.36. The number of nitrogens with zero attached hydrogens (tertiary/aromatic N) is 2. The van der Waals surface area contributed by atoms with Crippen molar-refractivity contribution in [3.05, 3.63) is 35.1 Å². The van der Waals surface area contributed by atoms with Crippen LogP contribution in [0.1, 0.15) is 36.8 Å². The van der Waals surface area contributed by atoms with Crippen LogP contribution in [-0.2, 0) is 6.54 Å². The Kier molecular flexibility index (Phi) is 3.26. The van der Waals surface area contributed by atoms with Crippen molar-refractivity contribution in [2.45, 2.75) is 50.4 Å². The number of nitriles is 1. The molecule has 2 fully saturated rings. The maximum Gasteiger partial charge on any atom is 0.127 e. The molecule has 2 bridgehead atoms. The molecule has 2 atom stereocenters. The molecule has 3 rings (SSSR count). The minimum Gasteiger partial charge on any atom is -0.393 e. The van der Waals surface area contributed by atoms with E-state index in [1.807, 2.05) is 0 Å². The Morgan fingerprint density at radius 3 is 2.63 bits per heavy atom. The minimum absolute atomic E-state index is 0.205. The molecule has 1 aromatic rings. The molecular formula is C15H17FN2O. The molecule has 4 heteroatoms. The molecule has 2 aliphatic heterocycles. The van der Waals surface area contributed by atoms with Gasteiger partial charge >= 0.3 is 0 Å². The monoisotopic (exact) mass is 260 g/mol. The summed E-state index contributed by atoms with van der Waals surface area (Å²) in [6.45, 7) is 0.545. The number of aliphatic hydroxyl groups is 1. The van der Waals surface area contributed by atoms with Crippen molar-refractivity contribution in [2.75, 3.05) is 0 Å². The second-order valence-corrected chi connectivity index (χ2v) is 5.60. The first kappa shape index (κ1) is 12.6. The van der Waals surface area contributed by atoms with Crippen LogP contribution in [0.25, 0.3) is 0 Å². The van der Waals surface area contributed by atoms with Crippen molar-refractivity contribution in [1.82, 2.24) is 4.90 Å². The summed E-state index contributed by atoms with van der Waals surface area (Å²) in [6, 6.07) is 7.29. The van der Waals surface area contributed by atoms with Crippen LogP contribution in [0.5, 0.6) is 0 Å². The molecule has 100 valence electrons. The average molecular weight is 260 g/mol. The van der Waals surface area contributed by atoms with Gasteiger partial charge in [-0.2, -0.15) is 5.26 Å². The third-order valence-corrected chi connectivity index (χ3v) is 4.39. The molecule has 0 aromatic heterocycles. The van der Waals surface area contributed by atoms with E-state index in [0.717, 1.165) is 25.7 Å². The van der Waals surface area contributed by atoms with Crippen LogP contribution in [0.4, 0.5) is 4.39 Å². The summed E-state index contributed by atoms with van der Waals surface area (Å²) in [5, 5.41) is 18.7. The van der Waals surface area contributed by atoms with Gasteiger partial charge < -0.3 is 5.11 Å². The Morgan fingerprint density at radius 1 is 1.32 bits per heavy atom. The van der Waals surface area contributed by atoms with Gasteiger partial charge in [-0.15, -0.1) is 0 Å². The van der Waals surface area contributed by atoms with Crippen LogP contribution >= 0.6 is 0 Å². The van der Waals surface area contributed by atoms with Crippen molar-refractivity contribution in [1.29, 1.82) is 5.26 Å². The van der Waals surface area contributed by atoms with Gasteiger partial charge in [0.2, 0.25) is 0 Å².